The van der Waals surface area contributed by atoms with Crippen molar-refractivity contribution in [3.63, 3.8) is 0 Å². The highest BCUT2D eigenvalue weighted by molar-refractivity contribution is 7.92. The Kier molecular flexibility index (Phi) is 7.85. The van der Waals surface area contributed by atoms with Gasteiger partial charge < -0.3 is 10.1 Å². The summed E-state index contributed by atoms with van der Waals surface area (Å²) in [6.07, 6.45) is 3.02. The van der Waals surface area contributed by atoms with Crippen molar-refractivity contribution in [3.8, 4) is 0 Å². The molecule has 0 saturated carbocycles. The van der Waals surface area contributed by atoms with E-state index in [9.17, 15) is 13.2 Å². The van der Waals surface area contributed by atoms with Crippen LogP contribution in [0.25, 0.3) is 0 Å². The van der Waals surface area contributed by atoms with Crippen molar-refractivity contribution in [1.82, 2.24) is 5.32 Å². The number of hydrogen-bond acceptors (Lipinski definition) is 4. The van der Waals surface area contributed by atoms with E-state index in [0.29, 0.717) is 36.9 Å². The molecule has 1 atom stereocenters. The number of halogens is 1. The molecule has 2 aromatic rings. The molecule has 0 aliphatic carbocycles. The number of nitrogens with zero attached hydrogens (tertiary/aromatic N) is 1. The van der Waals surface area contributed by atoms with Crippen molar-refractivity contribution in [2.24, 2.45) is 0 Å². The van der Waals surface area contributed by atoms with E-state index < -0.39 is 16.1 Å². The number of carbonyl (C=O) groups excluding carboxylic acids is 1. The van der Waals surface area contributed by atoms with Gasteiger partial charge in [0.2, 0.25) is 15.9 Å². The predicted molar refractivity (Wildman–Crippen MR) is 129 cm³/mol. The van der Waals surface area contributed by atoms with Crippen LogP contribution in [0.15, 0.2) is 48.5 Å². The molecule has 0 radical (unpaired) electrons. The predicted octanol–water partition coefficient (Wildman–Crippen LogP) is 4.06. The second-order valence-electron chi connectivity index (χ2n) is 8.39. The maximum atomic E-state index is 13.3. The van der Waals surface area contributed by atoms with E-state index in [1.165, 1.54) is 4.31 Å². The number of rotatable bonds is 8. The maximum absolute atomic E-state index is 13.3. The van der Waals surface area contributed by atoms with Gasteiger partial charge in [-0.2, -0.15) is 0 Å². The fourth-order valence-corrected chi connectivity index (χ4v) is 5.65. The first kappa shape index (κ1) is 24.6. The normalized spacial score (nSPS) is 16.9. The van der Waals surface area contributed by atoms with Crippen molar-refractivity contribution in [3.05, 3.63) is 64.7 Å². The van der Waals surface area contributed by atoms with Gasteiger partial charge in [-0.3, -0.25) is 9.10 Å². The fraction of sp³-hybridized carbons (Fsp3) is 0.458. The van der Waals surface area contributed by atoms with Gasteiger partial charge in [0.15, 0.2) is 0 Å². The average Bonchev–Trinajstić information content (AvgIpc) is 2.78. The van der Waals surface area contributed by atoms with E-state index in [1.807, 2.05) is 25.1 Å². The van der Waals surface area contributed by atoms with Crippen molar-refractivity contribution in [2.75, 3.05) is 30.3 Å². The molecule has 0 spiro atoms. The lowest BCUT2D eigenvalue weighted by Crippen LogP contribution is -2.52. The monoisotopic (exact) mass is 478 g/mol. The van der Waals surface area contributed by atoms with E-state index >= 15 is 0 Å². The summed E-state index contributed by atoms with van der Waals surface area (Å²) in [4.78, 5) is 13.3. The molecule has 1 N–H and O–H groups in total. The molecule has 174 valence electrons. The number of ether oxygens (including phenoxy) is 1. The standard InChI is InChI=1S/C24H31ClN2O4S/c1-4-22(27(32(3,29)30)20-11-10-18(2)21(25)16-20)23(28)26-17-24(12-14-31-15-13-24)19-8-6-5-7-9-19/h5-11,16,22H,4,12-15,17H2,1-3H3,(H,26,28)/t22-/m1/s1. The summed E-state index contributed by atoms with van der Waals surface area (Å²) in [7, 11) is -3.72. The SMILES string of the molecule is CC[C@H](C(=O)NCC1(c2ccccc2)CCOCC1)N(c1ccc(C)c(Cl)c1)S(C)(=O)=O. The average molecular weight is 479 g/mol. The summed E-state index contributed by atoms with van der Waals surface area (Å²) in [6.45, 7) is 5.32. The van der Waals surface area contributed by atoms with Gasteiger partial charge in [-0.05, 0) is 49.4 Å². The molecule has 32 heavy (non-hydrogen) atoms. The zero-order valence-corrected chi connectivity index (χ0v) is 20.4. The molecule has 0 bridgehead atoms. The lowest BCUT2D eigenvalue weighted by atomic mass is 9.74. The minimum atomic E-state index is -3.72. The zero-order chi connectivity index (χ0) is 23.4. The topological polar surface area (TPSA) is 75.7 Å². The zero-order valence-electron chi connectivity index (χ0n) is 18.8. The van der Waals surface area contributed by atoms with Crippen LogP contribution in [0.3, 0.4) is 0 Å². The van der Waals surface area contributed by atoms with Crippen LogP contribution in [0, 0.1) is 6.92 Å². The summed E-state index contributed by atoms with van der Waals surface area (Å²) < 4.78 is 32.2. The second kappa shape index (κ2) is 10.2. The van der Waals surface area contributed by atoms with E-state index in [2.05, 4.69) is 17.4 Å². The molecule has 1 fully saturated rings. The Bertz CT molecular complexity index is 1040. The number of amides is 1. The van der Waals surface area contributed by atoms with E-state index in [4.69, 9.17) is 16.3 Å². The summed E-state index contributed by atoms with van der Waals surface area (Å²) >= 11 is 6.25. The minimum Gasteiger partial charge on any atom is -0.381 e. The van der Waals surface area contributed by atoms with Gasteiger partial charge >= 0.3 is 0 Å². The molecule has 1 amide bonds. The molecule has 1 heterocycles. The highest BCUT2D eigenvalue weighted by Gasteiger charge is 2.37. The molecule has 1 aliphatic rings. The van der Waals surface area contributed by atoms with Crippen LogP contribution < -0.4 is 9.62 Å². The molecule has 0 unspecified atom stereocenters. The largest absolute Gasteiger partial charge is 0.381 e. The van der Waals surface area contributed by atoms with Gasteiger partial charge in [0.25, 0.3) is 0 Å². The van der Waals surface area contributed by atoms with Gasteiger partial charge in [-0.25, -0.2) is 8.42 Å². The Morgan fingerprint density at radius 1 is 1.19 bits per heavy atom. The third-order valence-electron chi connectivity index (χ3n) is 6.18. The summed E-state index contributed by atoms with van der Waals surface area (Å²) in [5.41, 5.74) is 2.14. The number of nitrogens with one attached hydrogen (secondary N) is 1. The molecule has 8 heteroatoms. The number of carbonyl (C=O) groups is 1. The van der Waals surface area contributed by atoms with Crippen molar-refractivity contribution in [1.29, 1.82) is 0 Å². The number of benzene rings is 2. The van der Waals surface area contributed by atoms with Crippen LogP contribution in [-0.2, 0) is 25.0 Å². The number of hydrogen-bond donors (Lipinski definition) is 1. The van der Waals surface area contributed by atoms with Crippen molar-refractivity contribution in [2.45, 2.75) is 44.6 Å². The van der Waals surface area contributed by atoms with Crippen LogP contribution in [0.2, 0.25) is 5.02 Å². The number of sulfonamides is 1. The quantitative estimate of drug-likeness (QED) is 0.620. The van der Waals surface area contributed by atoms with E-state index in [0.717, 1.165) is 30.2 Å². The highest BCUT2D eigenvalue weighted by Crippen LogP contribution is 2.34. The number of anilines is 1. The van der Waals surface area contributed by atoms with Crippen LogP contribution >= 0.6 is 11.6 Å². The third kappa shape index (κ3) is 5.45. The highest BCUT2D eigenvalue weighted by atomic mass is 35.5. The van der Waals surface area contributed by atoms with Gasteiger partial charge in [-0.1, -0.05) is 54.9 Å². The Labute approximate surface area is 196 Å². The fourth-order valence-electron chi connectivity index (χ4n) is 4.27. The molecular weight excluding hydrogens is 448 g/mol. The molecular formula is C24H31ClN2O4S. The smallest absolute Gasteiger partial charge is 0.243 e. The Balaban J connectivity index is 1.86. The summed E-state index contributed by atoms with van der Waals surface area (Å²) in [6, 6.07) is 14.3. The lowest BCUT2D eigenvalue weighted by molar-refractivity contribution is -0.122. The molecule has 1 aliphatic heterocycles. The van der Waals surface area contributed by atoms with Crippen molar-refractivity contribution >= 4 is 33.2 Å². The Hall–Kier alpha value is -2.09. The van der Waals surface area contributed by atoms with Crippen LogP contribution in [0.4, 0.5) is 5.69 Å². The first-order valence-electron chi connectivity index (χ1n) is 10.8. The number of aryl methyl sites for hydroxylation is 1. The Morgan fingerprint density at radius 2 is 1.84 bits per heavy atom. The first-order chi connectivity index (χ1) is 15.2. The first-order valence-corrected chi connectivity index (χ1v) is 13.1. The van der Waals surface area contributed by atoms with Crippen LogP contribution in [-0.4, -0.2) is 46.4 Å². The summed E-state index contributed by atoms with van der Waals surface area (Å²) in [5.74, 6) is -0.323. The van der Waals surface area contributed by atoms with Crippen LogP contribution in [0.5, 0.6) is 0 Å². The maximum Gasteiger partial charge on any atom is 0.243 e. The molecule has 3 rings (SSSR count). The molecule has 1 saturated heterocycles. The van der Waals surface area contributed by atoms with E-state index in [-0.39, 0.29) is 11.3 Å². The van der Waals surface area contributed by atoms with E-state index in [1.54, 1.807) is 25.1 Å². The third-order valence-corrected chi connectivity index (χ3v) is 7.76. The molecule has 0 aromatic heterocycles. The van der Waals surface area contributed by atoms with Crippen molar-refractivity contribution < 1.29 is 17.9 Å². The minimum absolute atomic E-state index is 0.240. The second-order valence-corrected chi connectivity index (χ2v) is 10.7. The summed E-state index contributed by atoms with van der Waals surface area (Å²) in [5, 5.41) is 3.51. The van der Waals surface area contributed by atoms with Gasteiger partial charge in [0.05, 0.1) is 11.9 Å². The van der Waals surface area contributed by atoms with Gasteiger partial charge in [0.1, 0.15) is 6.04 Å². The lowest BCUT2D eigenvalue weighted by Gasteiger charge is -2.39. The van der Waals surface area contributed by atoms with Gasteiger partial charge in [-0.15, -0.1) is 0 Å². The molecule has 2 aromatic carbocycles. The van der Waals surface area contributed by atoms with Crippen LogP contribution in [0.1, 0.15) is 37.3 Å². The Morgan fingerprint density at radius 3 is 2.41 bits per heavy atom. The van der Waals surface area contributed by atoms with Gasteiger partial charge in [0, 0.05) is 30.2 Å². The molecule has 6 nitrogen and oxygen atoms in total.